The minimum Gasteiger partial charge on any atom is -0.458 e. The van der Waals surface area contributed by atoms with Crippen molar-refractivity contribution in [2.75, 3.05) is 38.1 Å². The summed E-state index contributed by atoms with van der Waals surface area (Å²) < 4.78 is 26.0. The first kappa shape index (κ1) is 39.9. The molecule has 1 aliphatic heterocycles. The first-order valence-electron chi connectivity index (χ1n) is 17.6. The number of esters is 1. The van der Waals surface area contributed by atoms with E-state index in [2.05, 4.69) is 57.2 Å². The number of fused-ring (bicyclic) bond motifs is 1. The fourth-order valence-electron chi connectivity index (χ4n) is 5.32. The van der Waals surface area contributed by atoms with E-state index in [4.69, 9.17) is 29.0 Å². The number of aromatic nitrogens is 3. The first-order valence-corrected chi connectivity index (χ1v) is 25.0. The summed E-state index contributed by atoms with van der Waals surface area (Å²) in [6.45, 7) is 29.5. The summed E-state index contributed by atoms with van der Waals surface area (Å²) in [6, 6.07) is 3.44. The Morgan fingerprint density at radius 3 is 1.96 bits per heavy atom. The maximum atomic E-state index is 13.6. The number of ether oxygens (including phenoxy) is 4. The molecule has 0 aliphatic carbocycles. The molecule has 2 aromatic rings. The Kier molecular flexibility index (Phi) is 13.3. The average molecular weight is 706 g/mol. The highest BCUT2D eigenvalue weighted by atomic mass is 28.3. The molecule has 1 amide bonds. The van der Waals surface area contributed by atoms with Crippen LogP contribution in [0.25, 0.3) is 5.65 Å². The lowest BCUT2D eigenvalue weighted by Crippen LogP contribution is -2.53. The van der Waals surface area contributed by atoms with Crippen molar-refractivity contribution in [1.29, 1.82) is 0 Å². The largest absolute Gasteiger partial charge is 0.458 e. The van der Waals surface area contributed by atoms with Crippen molar-refractivity contribution in [1.82, 2.24) is 19.5 Å². The Morgan fingerprint density at radius 1 is 0.896 bits per heavy atom. The van der Waals surface area contributed by atoms with Crippen molar-refractivity contribution in [3.8, 4) is 0 Å². The normalized spacial score (nSPS) is 17.9. The van der Waals surface area contributed by atoms with Gasteiger partial charge in [-0.3, -0.25) is 4.90 Å². The molecule has 0 aromatic carbocycles. The van der Waals surface area contributed by atoms with Crippen LogP contribution in [0, 0.1) is 0 Å². The predicted octanol–water partition coefficient (Wildman–Crippen LogP) is 7.55. The van der Waals surface area contributed by atoms with E-state index in [0.717, 1.165) is 41.2 Å². The van der Waals surface area contributed by atoms with Gasteiger partial charge in [-0.15, -0.1) is 0 Å². The van der Waals surface area contributed by atoms with E-state index in [1.165, 1.54) is 4.90 Å². The van der Waals surface area contributed by atoms with Crippen LogP contribution in [-0.4, -0.2) is 98.2 Å². The number of hydrogen-bond acceptors (Lipinski definition) is 9. The van der Waals surface area contributed by atoms with Gasteiger partial charge in [-0.25, -0.2) is 14.6 Å². The number of hydrogen-bond donors (Lipinski definition) is 0. The third kappa shape index (κ3) is 12.4. The fraction of sp³-hybridized carbons (Fsp3) is 0.771. The van der Waals surface area contributed by atoms with Gasteiger partial charge >= 0.3 is 12.1 Å². The number of rotatable bonds is 14. The van der Waals surface area contributed by atoms with E-state index in [1.54, 1.807) is 0 Å². The van der Waals surface area contributed by atoms with E-state index in [1.807, 2.05) is 52.3 Å². The Balaban J connectivity index is 2.01. The van der Waals surface area contributed by atoms with Gasteiger partial charge in [0, 0.05) is 53.5 Å². The van der Waals surface area contributed by atoms with Gasteiger partial charge in [0.15, 0.2) is 5.65 Å². The highest BCUT2D eigenvalue weighted by Gasteiger charge is 2.41. The van der Waals surface area contributed by atoms with Crippen LogP contribution in [-0.2, 0) is 30.2 Å². The SMILES string of the molecule is CCc1cnn2c(N(COCC[Si](C)(C)C)COCC[Si](C)(C)C)cc([C@H]3CC[C@@H](C(=O)OC(C)(C)C)N(C(=O)OC(C)(C)C)C3)nc12. The summed E-state index contributed by atoms with van der Waals surface area (Å²) >= 11 is 0. The lowest BCUT2D eigenvalue weighted by molar-refractivity contribution is -0.162. The van der Waals surface area contributed by atoms with Crippen molar-refractivity contribution >= 4 is 39.7 Å². The highest BCUT2D eigenvalue weighted by Crippen LogP contribution is 2.34. The van der Waals surface area contributed by atoms with Gasteiger partial charge in [0.05, 0.1) is 11.9 Å². The molecule has 0 N–H and O–H groups in total. The van der Waals surface area contributed by atoms with Crippen molar-refractivity contribution in [2.45, 2.75) is 142 Å². The van der Waals surface area contributed by atoms with Gasteiger partial charge in [0.1, 0.15) is 36.5 Å². The molecule has 48 heavy (non-hydrogen) atoms. The Morgan fingerprint density at radius 2 is 1.46 bits per heavy atom. The summed E-state index contributed by atoms with van der Waals surface area (Å²) in [5.41, 5.74) is 1.25. The summed E-state index contributed by atoms with van der Waals surface area (Å²) in [5, 5.41) is 4.75. The molecule has 3 rings (SSSR count). The van der Waals surface area contributed by atoms with Gasteiger partial charge < -0.3 is 23.8 Å². The minimum absolute atomic E-state index is 0.137. The van der Waals surface area contributed by atoms with Crippen molar-refractivity contribution < 1.29 is 28.5 Å². The molecular formula is C35H63N5O6Si2. The van der Waals surface area contributed by atoms with Crippen LogP contribution in [0.4, 0.5) is 10.6 Å². The van der Waals surface area contributed by atoms with Crippen LogP contribution >= 0.6 is 0 Å². The van der Waals surface area contributed by atoms with Gasteiger partial charge in [-0.05, 0) is 72.9 Å². The van der Waals surface area contributed by atoms with Crippen LogP contribution < -0.4 is 4.90 Å². The smallest absolute Gasteiger partial charge is 0.411 e. The lowest BCUT2D eigenvalue weighted by atomic mass is 9.90. The zero-order valence-electron chi connectivity index (χ0n) is 32.1. The molecule has 0 saturated carbocycles. The number of carbonyl (C=O) groups excluding carboxylic acids is 2. The van der Waals surface area contributed by atoms with Crippen molar-refractivity contribution in [3.05, 3.63) is 23.5 Å². The number of likely N-dealkylation sites (tertiary alicyclic amines) is 1. The molecule has 2 atom stereocenters. The number of piperidine rings is 1. The zero-order chi connectivity index (χ0) is 36.1. The number of anilines is 1. The molecule has 11 nitrogen and oxygen atoms in total. The second-order valence-electron chi connectivity index (χ2n) is 17.5. The van der Waals surface area contributed by atoms with Crippen LogP contribution in [0.15, 0.2) is 12.3 Å². The topological polar surface area (TPSA) is 108 Å². The molecule has 272 valence electrons. The predicted molar refractivity (Wildman–Crippen MR) is 197 cm³/mol. The van der Waals surface area contributed by atoms with Gasteiger partial charge in [0.25, 0.3) is 0 Å². The second kappa shape index (κ2) is 16.0. The number of nitrogens with zero attached hydrogens (tertiary/aromatic N) is 5. The average Bonchev–Trinajstić information content (AvgIpc) is 3.36. The molecule has 0 radical (unpaired) electrons. The maximum absolute atomic E-state index is 13.6. The molecule has 2 aromatic heterocycles. The number of amides is 1. The van der Waals surface area contributed by atoms with Crippen LogP contribution in [0.1, 0.15) is 78.5 Å². The third-order valence-corrected chi connectivity index (χ3v) is 11.5. The van der Waals surface area contributed by atoms with E-state index in [0.29, 0.717) is 39.5 Å². The molecule has 0 bridgehead atoms. The molecule has 3 heterocycles. The van der Waals surface area contributed by atoms with Crippen molar-refractivity contribution in [2.24, 2.45) is 0 Å². The molecular weight excluding hydrogens is 643 g/mol. The molecule has 0 spiro atoms. The van der Waals surface area contributed by atoms with Crippen LogP contribution in [0.3, 0.4) is 0 Å². The van der Waals surface area contributed by atoms with Gasteiger partial charge in [-0.2, -0.15) is 9.61 Å². The van der Waals surface area contributed by atoms with E-state index >= 15 is 0 Å². The minimum atomic E-state index is -1.27. The monoisotopic (exact) mass is 705 g/mol. The Bertz CT molecular complexity index is 1350. The second-order valence-corrected chi connectivity index (χ2v) is 28.7. The maximum Gasteiger partial charge on any atom is 0.411 e. The Hall–Kier alpha value is -2.49. The van der Waals surface area contributed by atoms with E-state index in [-0.39, 0.29) is 12.5 Å². The van der Waals surface area contributed by atoms with Gasteiger partial charge in [-0.1, -0.05) is 46.2 Å². The molecule has 0 unspecified atom stereocenters. The zero-order valence-corrected chi connectivity index (χ0v) is 34.1. The lowest BCUT2D eigenvalue weighted by Gasteiger charge is -2.39. The summed E-state index contributed by atoms with van der Waals surface area (Å²) in [4.78, 5) is 35.7. The number of aryl methyl sites for hydroxylation is 1. The van der Waals surface area contributed by atoms with E-state index < -0.39 is 45.5 Å². The summed E-state index contributed by atoms with van der Waals surface area (Å²) in [5.74, 6) is 0.271. The highest BCUT2D eigenvalue weighted by molar-refractivity contribution is 6.76. The van der Waals surface area contributed by atoms with E-state index in [9.17, 15) is 9.59 Å². The molecule has 1 fully saturated rings. The van der Waals surface area contributed by atoms with Crippen LogP contribution in [0.2, 0.25) is 51.4 Å². The Labute approximate surface area is 291 Å². The quantitative estimate of drug-likeness (QED) is 0.0852. The first-order chi connectivity index (χ1) is 22.1. The molecule has 13 heteroatoms. The van der Waals surface area contributed by atoms with Crippen LogP contribution in [0.5, 0.6) is 0 Å². The molecule has 1 saturated heterocycles. The standard InChI is InChI=1S/C35H63N5O6Si2/c1-14-26-22-36-40-30(38(24-43-17-19-47(8,9)10)25-44-18-20-48(11,12)13)21-28(37-31(26)40)27-15-16-29(32(41)45-34(2,3)4)39(23-27)33(42)46-35(5,6)7/h21-22,27,29H,14-20,23-25H2,1-13H3/t27-,29-/m0/s1. The number of carbonyl (C=O) groups is 2. The molecule has 1 aliphatic rings. The van der Waals surface area contributed by atoms with Gasteiger partial charge in [0.2, 0.25) is 0 Å². The van der Waals surface area contributed by atoms with Crippen molar-refractivity contribution in [3.63, 3.8) is 0 Å². The fourth-order valence-corrected chi connectivity index (χ4v) is 6.83. The summed E-state index contributed by atoms with van der Waals surface area (Å²) in [6.07, 6.45) is 3.20. The summed E-state index contributed by atoms with van der Waals surface area (Å²) in [7, 11) is -2.54. The third-order valence-electron chi connectivity index (χ3n) is 8.04.